The summed E-state index contributed by atoms with van der Waals surface area (Å²) < 4.78 is 10.4. The molecule has 0 saturated heterocycles. The highest BCUT2D eigenvalue weighted by molar-refractivity contribution is 5.92. The van der Waals surface area contributed by atoms with Gasteiger partial charge >= 0.3 is 0 Å². The molecule has 4 nitrogen and oxygen atoms in total. The molecule has 0 aliphatic rings. The lowest BCUT2D eigenvalue weighted by Crippen LogP contribution is -2.03. The number of rotatable bonds is 5. The molecule has 1 aromatic heterocycles. The summed E-state index contributed by atoms with van der Waals surface area (Å²) in [6, 6.07) is 7.70. The van der Waals surface area contributed by atoms with E-state index in [0.29, 0.717) is 19.8 Å². The van der Waals surface area contributed by atoms with Crippen molar-refractivity contribution in [2.24, 2.45) is 0 Å². The zero-order valence-electron chi connectivity index (χ0n) is 9.85. The molecular weight excluding hydrogens is 216 g/mol. The Kier molecular flexibility index (Phi) is 3.90. The fourth-order valence-corrected chi connectivity index (χ4v) is 1.69. The first kappa shape index (κ1) is 11.8. The maximum Gasteiger partial charge on any atom is 0.0777 e. The average Bonchev–Trinajstić information content (AvgIpc) is 2.37. The largest absolute Gasteiger partial charge is 0.398 e. The van der Waals surface area contributed by atoms with Gasteiger partial charge in [-0.25, -0.2) is 0 Å². The van der Waals surface area contributed by atoms with Crippen LogP contribution in [0.15, 0.2) is 30.5 Å². The van der Waals surface area contributed by atoms with Crippen LogP contribution in [0.25, 0.3) is 10.9 Å². The van der Waals surface area contributed by atoms with Crippen LogP contribution in [0.3, 0.4) is 0 Å². The molecule has 90 valence electrons. The first-order chi connectivity index (χ1) is 8.33. The number of hydrogen-bond acceptors (Lipinski definition) is 4. The molecule has 4 heteroatoms. The smallest absolute Gasteiger partial charge is 0.0777 e. The van der Waals surface area contributed by atoms with E-state index >= 15 is 0 Å². The summed E-state index contributed by atoms with van der Waals surface area (Å²) >= 11 is 0. The van der Waals surface area contributed by atoms with Crippen molar-refractivity contribution >= 4 is 16.6 Å². The Morgan fingerprint density at radius 2 is 2.12 bits per heavy atom. The number of fused-ring (bicyclic) bond motifs is 1. The predicted octanol–water partition coefficient (Wildman–Crippen LogP) is 1.98. The number of anilines is 1. The van der Waals surface area contributed by atoms with Gasteiger partial charge in [0.1, 0.15) is 0 Å². The van der Waals surface area contributed by atoms with Gasteiger partial charge in [-0.2, -0.15) is 0 Å². The van der Waals surface area contributed by atoms with Crippen LogP contribution in [-0.2, 0) is 16.1 Å². The van der Waals surface area contributed by atoms with Gasteiger partial charge in [0.15, 0.2) is 0 Å². The SMILES string of the molecule is COCCOCc1ccc(N)c2cccnc12. The lowest BCUT2D eigenvalue weighted by molar-refractivity contribution is 0.0621. The summed E-state index contributed by atoms with van der Waals surface area (Å²) in [6.45, 7) is 1.70. The number of nitrogens with two attached hydrogens (primary N) is 1. The fourth-order valence-electron chi connectivity index (χ4n) is 1.69. The first-order valence-corrected chi connectivity index (χ1v) is 5.51. The molecule has 2 N–H and O–H groups in total. The van der Waals surface area contributed by atoms with Crippen molar-refractivity contribution in [1.29, 1.82) is 0 Å². The van der Waals surface area contributed by atoms with Crippen LogP contribution in [0.2, 0.25) is 0 Å². The topological polar surface area (TPSA) is 57.4 Å². The lowest BCUT2D eigenvalue weighted by atomic mass is 10.1. The predicted molar refractivity (Wildman–Crippen MR) is 67.7 cm³/mol. The van der Waals surface area contributed by atoms with Crippen molar-refractivity contribution in [2.45, 2.75) is 6.61 Å². The molecule has 0 spiro atoms. The summed E-state index contributed by atoms with van der Waals surface area (Å²) in [6.07, 6.45) is 1.76. The van der Waals surface area contributed by atoms with Crippen molar-refractivity contribution < 1.29 is 9.47 Å². The fraction of sp³-hybridized carbons (Fsp3) is 0.308. The molecule has 2 aromatic rings. The second-order valence-corrected chi connectivity index (χ2v) is 3.76. The molecule has 1 heterocycles. The van der Waals surface area contributed by atoms with E-state index in [1.165, 1.54) is 0 Å². The molecule has 17 heavy (non-hydrogen) atoms. The number of nitrogen functional groups attached to an aromatic ring is 1. The van der Waals surface area contributed by atoms with Gasteiger partial charge in [0, 0.05) is 29.9 Å². The van der Waals surface area contributed by atoms with E-state index in [1.807, 2.05) is 24.3 Å². The molecule has 0 atom stereocenters. The monoisotopic (exact) mass is 232 g/mol. The molecule has 0 unspecified atom stereocenters. The Labute approximate surface area is 100 Å². The van der Waals surface area contributed by atoms with E-state index < -0.39 is 0 Å². The van der Waals surface area contributed by atoms with Crippen LogP contribution in [-0.4, -0.2) is 25.3 Å². The third-order valence-corrected chi connectivity index (χ3v) is 2.58. The van der Waals surface area contributed by atoms with Gasteiger partial charge in [0.2, 0.25) is 0 Å². The normalized spacial score (nSPS) is 10.9. The van der Waals surface area contributed by atoms with E-state index in [4.69, 9.17) is 15.2 Å². The van der Waals surface area contributed by atoms with Crippen molar-refractivity contribution in [3.8, 4) is 0 Å². The van der Waals surface area contributed by atoms with Gasteiger partial charge in [0.05, 0.1) is 25.3 Å². The standard InChI is InChI=1S/C13H16N2O2/c1-16-7-8-17-9-10-4-5-12(14)11-3-2-6-15-13(10)11/h2-6H,7-9,14H2,1H3. The van der Waals surface area contributed by atoms with E-state index in [2.05, 4.69) is 4.98 Å². The van der Waals surface area contributed by atoms with Crippen LogP contribution in [0.5, 0.6) is 0 Å². The molecule has 0 aliphatic carbocycles. The highest BCUT2D eigenvalue weighted by Crippen LogP contribution is 2.22. The number of hydrogen-bond donors (Lipinski definition) is 1. The van der Waals surface area contributed by atoms with Gasteiger partial charge in [0.25, 0.3) is 0 Å². The summed E-state index contributed by atoms with van der Waals surface area (Å²) in [5, 5.41) is 0.973. The molecule has 0 saturated carbocycles. The van der Waals surface area contributed by atoms with Gasteiger partial charge in [-0.05, 0) is 18.2 Å². The molecule has 0 fully saturated rings. The van der Waals surface area contributed by atoms with Gasteiger partial charge in [-0.3, -0.25) is 4.98 Å². The zero-order chi connectivity index (χ0) is 12.1. The Balaban J connectivity index is 2.20. The number of ether oxygens (including phenoxy) is 2. The Morgan fingerprint density at radius 1 is 1.24 bits per heavy atom. The van der Waals surface area contributed by atoms with Crippen molar-refractivity contribution in [3.63, 3.8) is 0 Å². The highest BCUT2D eigenvalue weighted by Gasteiger charge is 2.04. The summed E-state index contributed by atoms with van der Waals surface area (Å²) in [7, 11) is 1.66. The summed E-state index contributed by atoms with van der Waals surface area (Å²) in [5.74, 6) is 0. The average molecular weight is 232 g/mol. The summed E-state index contributed by atoms with van der Waals surface area (Å²) in [5.41, 5.74) is 8.60. The van der Waals surface area contributed by atoms with Crippen molar-refractivity contribution in [2.75, 3.05) is 26.1 Å². The molecule has 0 amide bonds. The molecule has 0 bridgehead atoms. The highest BCUT2D eigenvalue weighted by atomic mass is 16.5. The molecular formula is C13H16N2O2. The minimum absolute atomic E-state index is 0.525. The zero-order valence-corrected chi connectivity index (χ0v) is 9.85. The number of methoxy groups -OCH3 is 1. The Morgan fingerprint density at radius 3 is 2.94 bits per heavy atom. The third kappa shape index (κ3) is 2.72. The molecule has 0 radical (unpaired) electrons. The van der Waals surface area contributed by atoms with Crippen LogP contribution in [0.1, 0.15) is 5.56 Å². The van der Waals surface area contributed by atoms with E-state index in [9.17, 15) is 0 Å². The number of pyridine rings is 1. The molecule has 1 aromatic carbocycles. The summed E-state index contributed by atoms with van der Waals surface area (Å²) in [4.78, 5) is 4.35. The number of aromatic nitrogens is 1. The van der Waals surface area contributed by atoms with E-state index in [1.54, 1.807) is 13.3 Å². The van der Waals surface area contributed by atoms with Gasteiger partial charge in [-0.1, -0.05) is 6.07 Å². The van der Waals surface area contributed by atoms with E-state index in [0.717, 1.165) is 22.2 Å². The quantitative estimate of drug-likeness (QED) is 0.632. The first-order valence-electron chi connectivity index (χ1n) is 5.51. The molecule has 0 aliphatic heterocycles. The maximum atomic E-state index is 5.90. The number of nitrogens with zero attached hydrogens (tertiary/aromatic N) is 1. The third-order valence-electron chi connectivity index (χ3n) is 2.58. The van der Waals surface area contributed by atoms with Crippen LogP contribution in [0, 0.1) is 0 Å². The number of benzene rings is 1. The van der Waals surface area contributed by atoms with Crippen molar-refractivity contribution in [1.82, 2.24) is 4.98 Å². The van der Waals surface area contributed by atoms with Crippen LogP contribution >= 0.6 is 0 Å². The van der Waals surface area contributed by atoms with Crippen LogP contribution < -0.4 is 5.73 Å². The maximum absolute atomic E-state index is 5.90. The van der Waals surface area contributed by atoms with Crippen LogP contribution in [0.4, 0.5) is 5.69 Å². The van der Waals surface area contributed by atoms with Gasteiger partial charge in [-0.15, -0.1) is 0 Å². The minimum Gasteiger partial charge on any atom is -0.398 e. The second kappa shape index (κ2) is 5.61. The minimum atomic E-state index is 0.525. The molecule has 2 rings (SSSR count). The second-order valence-electron chi connectivity index (χ2n) is 3.76. The van der Waals surface area contributed by atoms with E-state index in [-0.39, 0.29) is 0 Å². The van der Waals surface area contributed by atoms with Gasteiger partial charge < -0.3 is 15.2 Å². The lowest BCUT2D eigenvalue weighted by Gasteiger charge is -2.08. The van der Waals surface area contributed by atoms with Crippen molar-refractivity contribution in [3.05, 3.63) is 36.0 Å². The Hall–Kier alpha value is -1.65. The Bertz CT molecular complexity index is 500.